The molecule has 0 aromatic heterocycles. The van der Waals surface area contributed by atoms with Gasteiger partial charge >= 0.3 is 0 Å². The topological polar surface area (TPSA) is 49.6 Å². The van der Waals surface area contributed by atoms with E-state index in [0.29, 0.717) is 18.5 Å². The van der Waals surface area contributed by atoms with E-state index in [1.807, 2.05) is 14.0 Å². The highest BCUT2D eigenvalue weighted by molar-refractivity contribution is 5.77. The standard InChI is InChI=1S/C14H29N3O/c1-4-16(3)14(18)11-17(5-2)13-9-7-6-8-12(13)10-15/h12-13H,4-11,15H2,1-3H3. The Morgan fingerprint density at radius 3 is 2.44 bits per heavy atom. The highest BCUT2D eigenvalue weighted by Crippen LogP contribution is 2.27. The molecule has 1 saturated carbocycles. The summed E-state index contributed by atoms with van der Waals surface area (Å²) in [5.41, 5.74) is 5.88. The Labute approximate surface area is 111 Å². The molecule has 4 nitrogen and oxygen atoms in total. The summed E-state index contributed by atoms with van der Waals surface area (Å²) in [7, 11) is 1.87. The summed E-state index contributed by atoms with van der Waals surface area (Å²) < 4.78 is 0. The summed E-state index contributed by atoms with van der Waals surface area (Å²) in [5.74, 6) is 0.791. The Morgan fingerprint density at radius 2 is 1.89 bits per heavy atom. The maximum absolute atomic E-state index is 12.0. The van der Waals surface area contributed by atoms with Crippen LogP contribution in [0.4, 0.5) is 0 Å². The molecule has 0 bridgehead atoms. The molecule has 1 fully saturated rings. The van der Waals surface area contributed by atoms with Gasteiger partial charge in [-0.25, -0.2) is 0 Å². The van der Waals surface area contributed by atoms with Crippen LogP contribution in [-0.4, -0.2) is 55.0 Å². The van der Waals surface area contributed by atoms with Gasteiger partial charge in [0.25, 0.3) is 0 Å². The third-order valence-corrected chi connectivity index (χ3v) is 4.29. The normalized spacial score (nSPS) is 24.3. The van der Waals surface area contributed by atoms with Crippen molar-refractivity contribution in [2.75, 3.05) is 33.2 Å². The minimum Gasteiger partial charge on any atom is -0.345 e. The van der Waals surface area contributed by atoms with Crippen LogP contribution in [0, 0.1) is 5.92 Å². The molecule has 2 N–H and O–H groups in total. The number of carbonyl (C=O) groups is 1. The van der Waals surface area contributed by atoms with E-state index >= 15 is 0 Å². The first-order valence-electron chi connectivity index (χ1n) is 7.32. The number of hydrogen-bond donors (Lipinski definition) is 1. The van der Waals surface area contributed by atoms with Crippen molar-refractivity contribution < 1.29 is 4.79 Å². The van der Waals surface area contributed by atoms with Crippen LogP contribution < -0.4 is 5.73 Å². The van der Waals surface area contributed by atoms with E-state index in [4.69, 9.17) is 5.73 Å². The van der Waals surface area contributed by atoms with Gasteiger partial charge in [0.2, 0.25) is 5.91 Å². The SMILES string of the molecule is CCN(C)C(=O)CN(CC)C1CCCCC1CN. The second-order valence-corrected chi connectivity index (χ2v) is 5.32. The van der Waals surface area contributed by atoms with Gasteiger partial charge in [0, 0.05) is 19.6 Å². The van der Waals surface area contributed by atoms with Crippen molar-refractivity contribution in [2.45, 2.75) is 45.6 Å². The van der Waals surface area contributed by atoms with Gasteiger partial charge in [0.1, 0.15) is 0 Å². The number of amides is 1. The largest absolute Gasteiger partial charge is 0.345 e. The highest BCUT2D eigenvalue weighted by atomic mass is 16.2. The fourth-order valence-electron chi connectivity index (χ4n) is 2.88. The number of rotatable bonds is 6. The van der Waals surface area contributed by atoms with E-state index in [9.17, 15) is 4.79 Å². The van der Waals surface area contributed by atoms with Crippen molar-refractivity contribution in [3.05, 3.63) is 0 Å². The molecule has 0 radical (unpaired) electrons. The maximum Gasteiger partial charge on any atom is 0.236 e. The van der Waals surface area contributed by atoms with Crippen LogP contribution in [0.5, 0.6) is 0 Å². The first-order chi connectivity index (χ1) is 8.63. The quantitative estimate of drug-likeness (QED) is 0.778. The third-order valence-electron chi connectivity index (χ3n) is 4.29. The summed E-state index contributed by atoms with van der Waals surface area (Å²) in [4.78, 5) is 16.2. The Balaban J connectivity index is 2.60. The average molecular weight is 255 g/mol. The first kappa shape index (κ1) is 15.4. The van der Waals surface area contributed by atoms with E-state index in [-0.39, 0.29) is 5.91 Å². The summed E-state index contributed by atoms with van der Waals surface area (Å²) in [6.07, 6.45) is 4.97. The Kier molecular flexibility index (Phi) is 6.65. The molecule has 1 rings (SSSR count). The van der Waals surface area contributed by atoms with E-state index in [2.05, 4.69) is 11.8 Å². The predicted octanol–water partition coefficient (Wildman–Crippen LogP) is 1.30. The van der Waals surface area contributed by atoms with Gasteiger partial charge in [-0.1, -0.05) is 19.8 Å². The van der Waals surface area contributed by atoms with E-state index in [1.54, 1.807) is 4.90 Å². The molecule has 1 aliphatic rings. The van der Waals surface area contributed by atoms with Gasteiger partial charge in [-0.05, 0) is 38.8 Å². The lowest BCUT2D eigenvalue weighted by Gasteiger charge is -2.39. The molecule has 0 aromatic rings. The van der Waals surface area contributed by atoms with E-state index in [0.717, 1.165) is 19.6 Å². The van der Waals surface area contributed by atoms with Crippen LogP contribution in [0.1, 0.15) is 39.5 Å². The van der Waals surface area contributed by atoms with Gasteiger partial charge in [0.15, 0.2) is 0 Å². The van der Waals surface area contributed by atoms with E-state index < -0.39 is 0 Å². The molecule has 0 heterocycles. The summed E-state index contributed by atoms with van der Waals surface area (Å²) in [6, 6.07) is 0.503. The molecule has 2 atom stereocenters. The molecule has 0 aromatic carbocycles. The highest BCUT2D eigenvalue weighted by Gasteiger charge is 2.29. The lowest BCUT2D eigenvalue weighted by atomic mass is 9.83. The molecule has 1 aliphatic carbocycles. The van der Waals surface area contributed by atoms with Crippen LogP contribution >= 0.6 is 0 Å². The first-order valence-corrected chi connectivity index (χ1v) is 7.32. The monoisotopic (exact) mass is 255 g/mol. The van der Waals surface area contributed by atoms with Crippen molar-refractivity contribution in [1.29, 1.82) is 0 Å². The molecule has 106 valence electrons. The second-order valence-electron chi connectivity index (χ2n) is 5.32. The molecule has 2 unspecified atom stereocenters. The van der Waals surface area contributed by atoms with Crippen LogP contribution in [0.15, 0.2) is 0 Å². The molecule has 18 heavy (non-hydrogen) atoms. The van der Waals surface area contributed by atoms with Crippen LogP contribution in [-0.2, 0) is 4.79 Å². The molecule has 1 amide bonds. The lowest BCUT2D eigenvalue weighted by molar-refractivity contribution is -0.132. The molecular weight excluding hydrogens is 226 g/mol. The number of nitrogens with zero attached hydrogens (tertiary/aromatic N) is 2. The molecule has 4 heteroatoms. The fraction of sp³-hybridized carbons (Fsp3) is 0.929. The Hall–Kier alpha value is -0.610. The number of carbonyl (C=O) groups excluding carboxylic acids is 1. The maximum atomic E-state index is 12.0. The van der Waals surface area contributed by atoms with Gasteiger partial charge in [-0.3, -0.25) is 9.69 Å². The van der Waals surface area contributed by atoms with Gasteiger partial charge in [-0.2, -0.15) is 0 Å². The number of likely N-dealkylation sites (N-methyl/N-ethyl adjacent to an activating group) is 2. The minimum absolute atomic E-state index is 0.223. The van der Waals surface area contributed by atoms with Crippen molar-refractivity contribution in [2.24, 2.45) is 11.7 Å². The lowest BCUT2D eigenvalue weighted by Crippen LogP contribution is -2.49. The average Bonchev–Trinajstić information content (AvgIpc) is 2.43. The van der Waals surface area contributed by atoms with Gasteiger partial charge in [0.05, 0.1) is 6.54 Å². The minimum atomic E-state index is 0.223. The Bertz CT molecular complexity index is 257. The molecular formula is C14H29N3O. The smallest absolute Gasteiger partial charge is 0.236 e. The zero-order valence-corrected chi connectivity index (χ0v) is 12.2. The summed E-state index contributed by atoms with van der Waals surface area (Å²) >= 11 is 0. The van der Waals surface area contributed by atoms with E-state index in [1.165, 1.54) is 25.7 Å². The van der Waals surface area contributed by atoms with Gasteiger partial charge in [-0.15, -0.1) is 0 Å². The summed E-state index contributed by atoms with van der Waals surface area (Å²) in [5, 5.41) is 0. The fourth-order valence-corrected chi connectivity index (χ4v) is 2.88. The molecule has 0 spiro atoms. The molecule has 0 saturated heterocycles. The zero-order chi connectivity index (χ0) is 13.5. The van der Waals surface area contributed by atoms with Crippen molar-refractivity contribution in [1.82, 2.24) is 9.80 Å². The zero-order valence-electron chi connectivity index (χ0n) is 12.2. The summed E-state index contributed by atoms with van der Waals surface area (Å²) in [6.45, 7) is 7.16. The van der Waals surface area contributed by atoms with Crippen LogP contribution in [0.25, 0.3) is 0 Å². The van der Waals surface area contributed by atoms with Crippen LogP contribution in [0.2, 0.25) is 0 Å². The predicted molar refractivity (Wildman–Crippen MR) is 75.4 cm³/mol. The van der Waals surface area contributed by atoms with Crippen molar-refractivity contribution >= 4 is 5.91 Å². The van der Waals surface area contributed by atoms with Crippen molar-refractivity contribution in [3.63, 3.8) is 0 Å². The van der Waals surface area contributed by atoms with Crippen LogP contribution in [0.3, 0.4) is 0 Å². The number of hydrogen-bond acceptors (Lipinski definition) is 3. The molecule has 0 aliphatic heterocycles. The second kappa shape index (κ2) is 7.74. The van der Waals surface area contributed by atoms with Gasteiger partial charge < -0.3 is 10.6 Å². The van der Waals surface area contributed by atoms with Crippen molar-refractivity contribution in [3.8, 4) is 0 Å². The third kappa shape index (κ3) is 3.95. The number of nitrogens with two attached hydrogens (primary N) is 1. The Morgan fingerprint density at radius 1 is 1.22 bits per heavy atom.